The number of nitrogens with one attached hydrogen (secondary N) is 3. The average Bonchev–Trinajstić information content (AvgIpc) is 2.85. The molecule has 0 bridgehead atoms. The molecule has 0 saturated carbocycles. The molecule has 1 atom stereocenters. The topological polar surface area (TPSA) is 165 Å². The van der Waals surface area contributed by atoms with E-state index in [0.717, 1.165) is 5.56 Å². The molecule has 0 aliphatic carbocycles. The molecule has 1 unspecified atom stereocenters. The first-order valence-corrected chi connectivity index (χ1v) is 11.6. The van der Waals surface area contributed by atoms with Crippen molar-refractivity contribution in [2.45, 2.75) is 40.3 Å². The monoisotopic (exact) mass is 516 g/mol. The van der Waals surface area contributed by atoms with E-state index in [1.54, 1.807) is 30.3 Å². The number of hydrogen-bond acceptors (Lipinski definition) is 7. The van der Waals surface area contributed by atoms with Crippen molar-refractivity contribution in [3.05, 3.63) is 59.4 Å². The summed E-state index contributed by atoms with van der Waals surface area (Å²) >= 11 is 0. The van der Waals surface area contributed by atoms with E-state index in [4.69, 9.17) is 26.4 Å². The molecule has 0 spiro atoms. The van der Waals surface area contributed by atoms with Crippen molar-refractivity contribution in [3.63, 3.8) is 0 Å². The lowest BCUT2D eigenvalue weighted by Gasteiger charge is -2.28. The quantitative estimate of drug-likeness (QED) is 0.133. The standard InChI is InChI=1S/C24H33FN6O2.C2H4O2/c1-15(24(2,3)4)31-22(32)21(26)19-10-9-18(33-12-11-29-23(27)28)13-20(19)30-14-16-5-7-17(25)8-6-16;1-4-2-3/h5-10,13,15,26,30H,11-12,14H2,1-4H3,(H,31,32)(H4,27,28,29);2H,1H3. The van der Waals surface area contributed by atoms with Crippen LogP contribution < -0.4 is 26.8 Å². The Morgan fingerprint density at radius 3 is 2.35 bits per heavy atom. The molecule has 0 fully saturated rings. The van der Waals surface area contributed by atoms with Gasteiger partial charge in [0.05, 0.1) is 13.7 Å². The molecule has 1 amide bonds. The maximum atomic E-state index is 13.2. The van der Waals surface area contributed by atoms with Crippen LogP contribution in [0.2, 0.25) is 0 Å². The van der Waals surface area contributed by atoms with Crippen molar-refractivity contribution in [1.82, 2.24) is 5.32 Å². The number of guanidine groups is 1. The predicted molar refractivity (Wildman–Crippen MR) is 143 cm³/mol. The second-order valence-corrected chi connectivity index (χ2v) is 9.11. The number of anilines is 1. The Morgan fingerprint density at radius 2 is 1.81 bits per heavy atom. The highest BCUT2D eigenvalue weighted by atomic mass is 19.1. The van der Waals surface area contributed by atoms with Crippen LogP contribution >= 0.6 is 0 Å². The fraction of sp³-hybridized carbons (Fsp3) is 0.385. The SMILES string of the molecule is CC(NC(=O)C(=N)c1ccc(OCCN=C(N)N)cc1NCc1ccc(F)cc1)C(C)(C)C.COC=O. The van der Waals surface area contributed by atoms with Crippen LogP contribution in [0.1, 0.15) is 38.8 Å². The highest BCUT2D eigenvalue weighted by Gasteiger charge is 2.24. The lowest BCUT2D eigenvalue weighted by atomic mass is 9.88. The lowest BCUT2D eigenvalue weighted by molar-refractivity contribution is -0.126. The third-order valence-electron chi connectivity index (χ3n) is 5.28. The zero-order chi connectivity index (χ0) is 28.0. The number of aliphatic imine (C=N–C) groups is 1. The van der Waals surface area contributed by atoms with Gasteiger partial charge in [-0.2, -0.15) is 0 Å². The van der Waals surface area contributed by atoms with Crippen LogP contribution in [-0.4, -0.2) is 50.4 Å². The molecule has 2 aromatic carbocycles. The van der Waals surface area contributed by atoms with Crippen LogP contribution in [0.3, 0.4) is 0 Å². The van der Waals surface area contributed by atoms with E-state index in [0.29, 0.717) is 36.6 Å². The van der Waals surface area contributed by atoms with Crippen LogP contribution in [0.5, 0.6) is 5.75 Å². The van der Waals surface area contributed by atoms with Gasteiger partial charge in [-0.3, -0.25) is 20.0 Å². The van der Waals surface area contributed by atoms with E-state index >= 15 is 0 Å². The van der Waals surface area contributed by atoms with Gasteiger partial charge in [-0.05, 0) is 42.2 Å². The maximum absolute atomic E-state index is 13.2. The number of amides is 1. The first-order valence-electron chi connectivity index (χ1n) is 11.6. The summed E-state index contributed by atoms with van der Waals surface area (Å²) in [6.45, 7) is 9.27. The van der Waals surface area contributed by atoms with Crippen molar-refractivity contribution in [2.24, 2.45) is 21.9 Å². The van der Waals surface area contributed by atoms with Gasteiger partial charge in [-0.1, -0.05) is 32.9 Å². The molecule has 11 heteroatoms. The van der Waals surface area contributed by atoms with Gasteiger partial charge in [-0.15, -0.1) is 0 Å². The molecular weight excluding hydrogens is 479 g/mol. The summed E-state index contributed by atoms with van der Waals surface area (Å²) in [5.74, 6) is -0.271. The van der Waals surface area contributed by atoms with Crippen molar-refractivity contribution in [1.29, 1.82) is 5.41 Å². The molecule has 2 rings (SSSR count). The van der Waals surface area contributed by atoms with Gasteiger partial charge in [0.25, 0.3) is 12.4 Å². The minimum atomic E-state index is -0.469. The summed E-state index contributed by atoms with van der Waals surface area (Å²) in [6, 6.07) is 11.0. The number of ether oxygens (including phenoxy) is 2. The minimum absolute atomic E-state index is 0.0143. The molecule has 10 nitrogen and oxygen atoms in total. The van der Waals surface area contributed by atoms with Crippen LogP contribution in [0, 0.1) is 16.6 Å². The summed E-state index contributed by atoms with van der Waals surface area (Å²) in [4.78, 5) is 25.6. The van der Waals surface area contributed by atoms with E-state index in [9.17, 15) is 9.18 Å². The van der Waals surface area contributed by atoms with Crippen molar-refractivity contribution < 1.29 is 23.5 Å². The number of nitrogens with zero attached hydrogens (tertiary/aromatic N) is 1. The van der Waals surface area contributed by atoms with Crippen LogP contribution in [0.15, 0.2) is 47.5 Å². The third-order valence-corrected chi connectivity index (χ3v) is 5.28. The number of carbonyl (C=O) groups excluding carboxylic acids is 2. The van der Waals surface area contributed by atoms with E-state index in [-0.39, 0.29) is 35.6 Å². The molecule has 37 heavy (non-hydrogen) atoms. The molecule has 7 N–H and O–H groups in total. The molecule has 0 aliphatic heterocycles. The largest absolute Gasteiger partial charge is 0.492 e. The summed E-state index contributed by atoms with van der Waals surface area (Å²) < 4.78 is 22.8. The minimum Gasteiger partial charge on any atom is -0.492 e. The van der Waals surface area contributed by atoms with Crippen molar-refractivity contribution in [2.75, 3.05) is 25.6 Å². The number of benzene rings is 2. The normalized spacial score (nSPS) is 11.2. The second kappa shape index (κ2) is 15.1. The number of hydrogen-bond donors (Lipinski definition) is 5. The molecule has 0 aromatic heterocycles. The Hall–Kier alpha value is -4.15. The molecule has 0 aliphatic rings. The van der Waals surface area contributed by atoms with E-state index < -0.39 is 5.91 Å². The number of nitrogens with two attached hydrogens (primary N) is 2. The average molecular weight is 517 g/mol. The number of methoxy groups -OCH3 is 1. The number of carbonyl (C=O) groups is 2. The van der Waals surface area contributed by atoms with E-state index in [1.165, 1.54) is 19.2 Å². The first-order chi connectivity index (χ1) is 17.4. The Morgan fingerprint density at radius 1 is 1.19 bits per heavy atom. The molecule has 0 radical (unpaired) electrons. The van der Waals surface area contributed by atoms with Crippen LogP contribution in [-0.2, 0) is 20.9 Å². The van der Waals surface area contributed by atoms with Gasteiger partial charge in [-0.25, -0.2) is 4.39 Å². The smallest absolute Gasteiger partial charge is 0.292 e. The zero-order valence-corrected chi connectivity index (χ0v) is 21.9. The summed E-state index contributed by atoms with van der Waals surface area (Å²) in [5.41, 5.74) is 12.1. The molecular formula is C26H37FN6O4. The van der Waals surface area contributed by atoms with E-state index in [2.05, 4.69) is 20.4 Å². The predicted octanol–water partition coefficient (Wildman–Crippen LogP) is 2.80. The van der Waals surface area contributed by atoms with Gasteiger partial charge in [0, 0.05) is 29.9 Å². The maximum Gasteiger partial charge on any atom is 0.292 e. The fourth-order valence-electron chi connectivity index (χ4n) is 2.72. The van der Waals surface area contributed by atoms with Gasteiger partial charge in [0.1, 0.15) is 23.9 Å². The van der Waals surface area contributed by atoms with Gasteiger partial charge < -0.3 is 31.6 Å². The molecule has 202 valence electrons. The summed E-state index contributed by atoms with van der Waals surface area (Å²) in [5, 5.41) is 14.6. The van der Waals surface area contributed by atoms with Crippen LogP contribution in [0.25, 0.3) is 0 Å². The summed E-state index contributed by atoms with van der Waals surface area (Å²) in [6.07, 6.45) is 0. The molecule has 0 heterocycles. The highest BCUT2D eigenvalue weighted by molar-refractivity contribution is 6.45. The number of halogens is 1. The van der Waals surface area contributed by atoms with Crippen molar-refractivity contribution in [3.8, 4) is 5.75 Å². The Balaban J connectivity index is 0.00000159. The van der Waals surface area contributed by atoms with Gasteiger partial charge in [0.15, 0.2) is 5.96 Å². The Kier molecular flexibility index (Phi) is 12.6. The molecule has 2 aromatic rings. The fourth-order valence-corrected chi connectivity index (χ4v) is 2.72. The lowest BCUT2D eigenvalue weighted by Crippen LogP contribution is -2.44. The number of rotatable bonds is 11. The van der Waals surface area contributed by atoms with Crippen LogP contribution in [0.4, 0.5) is 10.1 Å². The first kappa shape index (κ1) is 30.9. The molecule has 0 saturated heterocycles. The zero-order valence-electron chi connectivity index (χ0n) is 21.9. The van der Waals surface area contributed by atoms with Gasteiger partial charge in [0.2, 0.25) is 0 Å². The van der Waals surface area contributed by atoms with Crippen molar-refractivity contribution >= 4 is 29.7 Å². The third kappa shape index (κ3) is 11.4. The Labute approximate surface area is 217 Å². The summed E-state index contributed by atoms with van der Waals surface area (Å²) in [7, 11) is 1.31. The van der Waals surface area contributed by atoms with E-state index in [1.807, 2.05) is 27.7 Å². The second-order valence-electron chi connectivity index (χ2n) is 9.11. The Bertz CT molecular complexity index is 1060. The van der Waals surface area contributed by atoms with Gasteiger partial charge >= 0.3 is 0 Å². The highest BCUT2D eigenvalue weighted by Crippen LogP contribution is 2.25.